The van der Waals surface area contributed by atoms with Crippen molar-refractivity contribution in [3.63, 3.8) is 0 Å². The van der Waals surface area contributed by atoms with E-state index in [0.29, 0.717) is 12.2 Å². The highest BCUT2D eigenvalue weighted by atomic mass is 32.2. The Morgan fingerprint density at radius 1 is 1.10 bits per heavy atom. The lowest BCUT2D eigenvalue weighted by Crippen LogP contribution is -2.12. The first-order valence-corrected chi connectivity index (χ1v) is 8.00. The summed E-state index contributed by atoms with van der Waals surface area (Å²) in [5, 5.41) is 9.49. The van der Waals surface area contributed by atoms with Gasteiger partial charge in [0.1, 0.15) is 0 Å². The number of aromatic nitrogens is 1. The lowest BCUT2D eigenvalue weighted by atomic mass is 10.1. The first-order valence-electron chi connectivity index (χ1n) is 6.46. The quantitative estimate of drug-likeness (QED) is 0.691. The smallest absolute Gasteiger partial charge is 0.238 e. The van der Waals surface area contributed by atoms with Crippen LogP contribution < -0.4 is 10.5 Å². The van der Waals surface area contributed by atoms with Crippen LogP contribution in [-0.4, -0.2) is 13.4 Å². The van der Waals surface area contributed by atoms with Gasteiger partial charge in [-0.05, 0) is 35.2 Å². The fraction of sp³-hybridized carbons (Fsp3) is 0.0667. The number of anilines is 1. The summed E-state index contributed by atoms with van der Waals surface area (Å²) in [5.74, 6) is 0. The molecule has 0 radical (unpaired) electrons. The Balaban J connectivity index is 1.84. The number of benzene rings is 2. The number of H-pyrrole nitrogens is 1. The van der Waals surface area contributed by atoms with Gasteiger partial charge >= 0.3 is 0 Å². The number of hydrogen-bond acceptors (Lipinski definition) is 3. The number of para-hydroxylation sites is 1. The molecule has 0 atom stereocenters. The molecule has 3 rings (SSSR count). The molecule has 21 heavy (non-hydrogen) atoms. The molecule has 0 spiro atoms. The maximum absolute atomic E-state index is 11.3. The van der Waals surface area contributed by atoms with Crippen LogP contribution in [0.15, 0.2) is 59.6 Å². The molecule has 5 nitrogen and oxygen atoms in total. The van der Waals surface area contributed by atoms with Crippen LogP contribution in [0.1, 0.15) is 5.56 Å². The number of nitrogens with one attached hydrogen (secondary N) is 2. The summed E-state index contributed by atoms with van der Waals surface area (Å²) in [5.41, 5.74) is 2.90. The standard InChI is InChI=1S/C15H15N3O2S/c16-21(19,20)14-6-2-5-13(9-14)18-10-12-4-1-3-11-7-8-17-15(11)12/h1-9,17-18H,10H2,(H2,16,19,20). The predicted molar refractivity (Wildman–Crippen MR) is 83.4 cm³/mol. The van der Waals surface area contributed by atoms with Crippen LogP contribution >= 0.6 is 0 Å². The van der Waals surface area contributed by atoms with Crippen molar-refractivity contribution in [1.82, 2.24) is 4.98 Å². The van der Waals surface area contributed by atoms with Crippen LogP contribution in [0.5, 0.6) is 0 Å². The largest absolute Gasteiger partial charge is 0.381 e. The normalized spacial score (nSPS) is 11.7. The zero-order chi connectivity index (χ0) is 14.9. The van der Waals surface area contributed by atoms with E-state index in [1.807, 2.05) is 36.5 Å². The van der Waals surface area contributed by atoms with E-state index >= 15 is 0 Å². The Bertz CT molecular complexity index is 885. The van der Waals surface area contributed by atoms with Crippen molar-refractivity contribution >= 4 is 26.6 Å². The van der Waals surface area contributed by atoms with Crippen molar-refractivity contribution < 1.29 is 8.42 Å². The molecule has 0 bridgehead atoms. The first-order chi connectivity index (χ1) is 10.0. The monoisotopic (exact) mass is 301 g/mol. The van der Waals surface area contributed by atoms with E-state index in [9.17, 15) is 8.42 Å². The fourth-order valence-corrected chi connectivity index (χ4v) is 2.84. The van der Waals surface area contributed by atoms with E-state index in [2.05, 4.69) is 10.3 Å². The van der Waals surface area contributed by atoms with Gasteiger partial charge < -0.3 is 10.3 Å². The van der Waals surface area contributed by atoms with Crippen molar-refractivity contribution in [2.45, 2.75) is 11.4 Å². The minimum atomic E-state index is -3.68. The van der Waals surface area contributed by atoms with Crippen LogP contribution in [0.3, 0.4) is 0 Å². The number of sulfonamides is 1. The summed E-state index contributed by atoms with van der Waals surface area (Å²) in [7, 11) is -3.68. The highest BCUT2D eigenvalue weighted by Crippen LogP contribution is 2.19. The second kappa shape index (κ2) is 5.23. The number of aromatic amines is 1. The molecule has 0 amide bonds. The summed E-state index contributed by atoms with van der Waals surface area (Å²) in [4.78, 5) is 3.31. The Hall–Kier alpha value is -2.31. The van der Waals surface area contributed by atoms with Gasteiger partial charge in [0, 0.05) is 18.4 Å². The zero-order valence-electron chi connectivity index (χ0n) is 11.2. The number of primary sulfonamides is 1. The van der Waals surface area contributed by atoms with E-state index in [1.165, 1.54) is 12.1 Å². The van der Waals surface area contributed by atoms with Gasteiger partial charge in [0.2, 0.25) is 10.0 Å². The Kier molecular flexibility index (Phi) is 3.40. The lowest BCUT2D eigenvalue weighted by Gasteiger charge is -2.09. The summed E-state index contributed by atoms with van der Waals surface area (Å²) >= 11 is 0. The van der Waals surface area contributed by atoms with Crippen molar-refractivity contribution in [2.75, 3.05) is 5.32 Å². The average Bonchev–Trinajstić information content (AvgIpc) is 2.93. The van der Waals surface area contributed by atoms with Gasteiger partial charge in [-0.3, -0.25) is 0 Å². The zero-order valence-corrected chi connectivity index (χ0v) is 12.0. The molecule has 0 unspecified atom stereocenters. The van der Waals surface area contributed by atoms with Crippen LogP contribution in [0.4, 0.5) is 5.69 Å². The molecule has 3 aromatic rings. The molecule has 2 aromatic carbocycles. The van der Waals surface area contributed by atoms with E-state index in [-0.39, 0.29) is 4.90 Å². The van der Waals surface area contributed by atoms with Gasteiger partial charge in [0.05, 0.1) is 10.4 Å². The Labute approximate surface area is 122 Å². The second-order valence-corrected chi connectivity index (χ2v) is 6.35. The van der Waals surface area contributed by atoms with Crippen LogP contribution in [0.2, 0.25) is 0 Å². The molecule has 1 aromatic heterocycles. The van der Waals surface area contributed by atoms with E-state index < -0.39 is 10.0 Å². The molecule has 1 heterocycles. The molecular weight excluding hydrogens is 286 g/mol. The van der Waals surface area contributed by atoms with Crippen LogP contribution in [0.25, 0.3) is 10.9 Å². The van der Waals surface area contributed by atoms with Gasteiger partial charge in [-0.1, -0.05) is 24.3 Å². The first kappa shape index (κ1) is 13.7. The van der Waals surface area contributed by atoms with Crippen molar-refractivity contribution in [3.8, 4) is 0 Å². The average molecular weight is 301 g/mol. The second-order valence-electron chi connectivity index (χ2n) is 4.79. The predicted octanol–water partition coefficient (Wildman–Crippen LogP) is 2.43. The maximum atomic E-state index is 11.3. The highest BCUT2D eigenvalue weighted by molar-refractivity contribution is 7.89. The molecule has 0 aliphatic carbocycles. The number of rotatable bonds is 4. The van der Waals surface area contributed by atoms with E-state index in [4.69, 9.17) is 5.14 Å². The highest BCUT2D eigenvalue weighted by Gasteiger charge is 2.08. The van der Waals surface area contributed by atoms with Crippen molar-refractivity contribution in [2.24, 2.45) is 5.14 Å². The molecule has 0 aliphatic heterocycles. The molecule has 0 saturated heterocycles. The molecule has 0 saturated carbocycles. The van der Waals surface area contributed by atoms with E-state index in [0.717, 1.165) is 16.5 Å². The molecule has 0 fully saturated rings. The topological polar surface area (TPSA) is 88.0 Å². The molecule has 4 N–H and O–H groups in total. The summed E-state index contributed by atoms with van der Waals surface area (Å²) in [6.07, 6.45) is 1.90. The Morgan fingerprint density at radius 3 is 2.71 bits per heavy atom. The van der Waals surface area contributed by atoms with E-state index in [1.54, 1.807) is 6.07 Å². The van der Waals surface area contributed by atoms with Gasteiger partial charge in [-0.25, -0.2) is 13.6 Å². The fourth-order valence-electron chi connectivity index (χ4n) is 2.28. The third-order valence-corrected chi connectivity index (χ3v) is 4.23. The van der Waals surface area contributed by atoms with Crippen molar-refractivity contribution in [3.05, 3.63) is 60.3 Å². The van der Waals surface area contributed by atoms with Crippen molar-refractivity contribution in [1.29, 1.82) is 0 Å². The number of nitrogens with two attached hydrogens (primary N) is 1. The number of hydrogen-bond donors (Lipinski definition) is 3. The summed E-state index contributed by atoms with van der Waals surface area (Å²) in [6.45, 7) is 0.589. The summed E-state index contributed by atoms with van der Waals surface area (Å²) in [6, 6.07) is 14.6. The number of fused-ring (bicyclic) bond motifs is 1. The third kappa shape index (κ3) is 2.91. The van der Waals surface area contributed by atoms with Crippen LogP contribution in [0, 0.1) is 0 Å². The van der Waals surface area contributed by atoms with Gasteiger partial charge in [0.15, 0.2) is 0 Å². The lowest BCUT2D eigenvalue weighted by molar-refractivity contribution is 0.598. The van der Waals surface area contributed by atoms with Gasteiger partial charge in [-0.2, -0.15) is 0 Å². The molecular formula is C15H15N3O2S. The molecule has 6 heteroatoms. The maximum Gasteiger partial charge on any atom is 0.238 e. The van der Waals surface area contributed by atoms with Gasteiger partial charge in [0.25, 0.3) is 0 Å². The Morgan fingerprint density at radius 2 is 1.90 bits per heavy atom. The molecule has 108 valence electrons. The minimum absolute atomic E-state index is 0.102. The van der Waals surface area contributed by atoms with Gasteiger partial charge in [-0.15, -0.1) is 0 Å². The minimum Gasteiger partial charge on any atom is -0.381 e. The SMILES string of the molecule is NS(=O)(=O)c1cccc(NCc2cccc3cc[nH]c23)c1. The van der Waals surface area contributed by atoms with Crippen LogP contribution in [-0.2, 0) is 16.6 Å². The summed E-state index contributed by atoms with van der Waals surface area (Å²) < 4.78 is 22.7. The third-order valence-electron chi connectivity index (χ3n) is 3.32. The molecule has 0 aliphatic rings.